The lowest BCUT2D eigenvalue weighted by Crippen LogP contribution is -2.45. The van der Waals surface area contributed by atoms with Crippen molar-refractivity contribution in [1.29, 1.82) is 0 Å². The Kier molecular flexibility index (Phi) is 7.00. The molecule has 5 rings (SSSR count). The third-order valence-electron chi connectivity index (χ3n) is 6.30. The minimum absolute atomic E-state index is 0.198. The van der Waals surface area contributed by atoms with Gasteiger partial charge in [-0.05, 0) is 53.2 Å². The van der Waals surface area contributed by atoms with Gasteiger partial charge in [-0.15, -0.1) is 0 Å². The van der Waals surface area contributed by atoms with Gasteiger partial charge in [0, 0.05) is 29.0 Å². The van der Waals surface area contributed by atoms with E-state index in [1.807, 2.05) is 12.1 Å². The Morgan fingerprint density at radius 1 is 1.26 bits per heavy atom. The number of imidazole rings is 1. The van der Waals surface area contributed by atoms with Crippen molar-refractivity contribution in [3.8, 4) is 11.5 Å². The van der Waals surface area contributed by atoms with Gasteiger partial charge in [0.1, 0.15) is 6.33 Å². The summed E-state index contributed by atoms with van der Waals surface area (Å²) in [5.41, 5.74) is 7.33. The van der Waals surface area contributed by atoms with Crippen LogP contribution in [-0.2, 0) is 11.3 Å². The fraction of sp³-hybridized carbons (Fsp3) is 0.455. The van der Waals surface area contributed by atoms with E-state index in [-0.39, 0.29) is 6.79 Å². The van der Waals surface area contributed by atoms with Gasteiger partial charge in [0.15, 0.2) is 39.7 Å². The maximum absolute atomic E-state index is 12.1. The zero-order chi connectivity index (χ0) is 24.5. The highest BCUT2D eigenvalue weighted by Crippen LogP contribution is 2.43. The van der Waals surface area contributed by atoms with Crippen molar-refractivity contribution in [3.63, 3.8) is 0 Å². The van der Waals surface area contributed by atoms with Gasteiger partial charge in [-0.1, -0.05) is 11.8 Å². The second-order valence-corrected chi connectivity index (χ2v) is 10.3. The number of likely N-dealkylation sites (tertiary alicyclic amines) is 1. The van der Waals surface area contributed by atoms with Gasteiger partial charge in [0.05, 0.1) is 6.61 Å². The van der Waals surface area contributed by atoms with Gasteiger partial charge in [-0.3, -0.25) is 4.79 Å². The molecule has 13 heteroatoms. The van der Waals surface area contributed by atoms with Crippen molar-refractivity contribution >= 4 is 50.6 Å². The van der Waals surface area contributed by atoms with Gasteiger partial charge in [0.25, 0.3) is 5.91 Å². The van der Waals surface area contributed by atoms with Gasteiger partial charge < -0.3 is 34.9 Å². The Morgan fingerprint density at radius 2 is 2.00 bits per heavy atom. The predicted molar refractivity (Wildman–Crippen MR) is 131 cm³/mol. The van der Waals surface area contributed by atoms with Crippen molar-refractivity contribution in [2.24, 2.45) is 5.92 Å². The summed E-state index contributed by atoms with van der Waals surface area (Å²) < 4.78 is 13.9. The Morgan fingerprint density at radius 3 is 2.74 bits per heavy atom. The van der Waals surface area contributed by atoms with Crippen LogP contribution in [0.2, 0.25) is 0 Å². The number of ether oxygens (including phenoxy) is 2. The number of hydrogen-bond acceptors (Lipinski definition) is 10. The number of aliphatic hydroxyl groups is 2. The number of aliphatic hydroxyl groups excluding tert-OH is 2. The van der Waals surface area contributed by atoms with Crippen LogP contribution in [0.5, 0.6) is 11.5 Å². The van der Waals surface area contributed by atoms with Crippen LogP contribution in [0, 0.1) is 5.92 Å². The Labute approximate surface area is 213 Å². The third kappa shape index (κ3) is 4.90. The quantitative estimate of drug-likeness (QED) is 0.389. The summed E-state index contributed by atoms with van der Waals surface area (Å²) >= 11 is 5.09. The monoisotopic (exact) mass is 564 g/mol. The second-order valence-electron chi connectivity index (χ2n) is 8.47. The molecule has 0 aliphatic carbocycles. The first-order chi connectivity index (χ1) is 16.9. The lowest BCUT2D eigenvalue weighted by atomic mass is 9.93. The smallest absolute Gasteiger partial charge is 0.253 e. The third-order valence-corrected chi connectivity index (χ3v) is 8.27. The summed E-state index contributed by atoms with van der Waals surface area (Å²) in [4.78, 5) is 28.0. The molecule has 3 aromatic rings. The largest absolute Gasteiger partial charge is 0.454 e. The molecule has 35 heavy (non-hydrogen) atoms. The molecule has 1 amide bonds. The molecule has 2 aliphatic heterocycles. The van der Waals surface area contributed by atoms with Gasteiger partial charge in [0.2, 0.25) is 6.79 Å². The van der Waals surface area contributed by atoms with Crippen LogP contribution in [0.1, 0.15) is 19.3 Å². The molecular weight excluding hydrogens is 540 g/mol. The lowest BCUT2D eigenvalue weighted by Gasteiger charge is -2.33. The van der Waals surface area contributed by atoms with Crippen LogP contribution in [0.4, 0.5) is 5.82 Å². The number of piperidine rings is 1. The molecule has 2 aromatic heterocycles. The number of aryl methyl sites for hydroxylation is 1. The van der Waals surface area contributed by atoms with Crippen LogP contribution in [0.25, 0.3) is 11.2 Å². The van der Waals surface area contributed by atoms with Crippen molar-refractivity contribution in [2.75, 3.05) is 32.2 Å². The molecule has 0 bridgehead atoms. The number of benzene rings is 1. The number of anilines is 1. The standard InChI is InChI=1S/C22H25BrN6O5S/c23-13-7-15-16(34-11-33-15)8-17(13)35-22-27-18-19(24)25-10-26-20(18)29(22)6-3-12-1-4-28(5-2-12)21(32)14(31)9-30/h7-8,10,12,14,30-31H,1-6,9,11H2,(H2,24,25,26)/t14-/m0/s1. The summed E-state index contributed by atoms with van der Waals surface area (Å²) in [6, 6.07) is 3.80. The topological polar surface area (TPSA) is 149 Å². The second kappa shape index (κ2) is 10.2. The highest BCUT2D eigenvalue weighted by molar-refractivity contribution is 9.10. The molecule has 1 atom stereocenters. The Hall–Kier alpha value is -2.61. The van der Waals surface area contributed by atoms with E-state index in [4.69, 9.17) is 25.3 Å². The SMILES string of the molecule is Nc1ncnc2c1nc(Sc1cc3c(cc1Br)OCO3)n2CCC1CCN(C(=O)[C@@H](O)CO)CC1. The number of amides is 1. The fourth-order valence-electron chi connectivity index (χ4n) is 4.33. The number of aromatic nitrogens is 4. The molecule has 1 saturated heterocycles. The number of nitrogen functional groups attached to an aromatic ring is 1. The van der Waals surface area contributed by atoms with Crippen LogP contribution < -0.4 is 15.2 Å². The Bertz CT molecular complexity index is 1250. The number of carbonyl (C=O) groups is 1. The Balaban J connectivity index is 1.33. The number of carbonyl (C=O) groups excluding carboxylic acids is 1. The number of nitrogens with zero attached hydrogens (tertiary/aromatic N) is 5. The van der Waals surface area contributed by atoms with Crippen molar-refractivity contribution < 1.29 is 24.5 Å². The first-order valence-electron chi connectivity index (χ1n) is 11.3. The first kappa shape index (κ1) is 24.1. The summed E-state index contributed by atoms with van der Waals surface area (Å²) in [5, 5.41) is 19.4. The van der Waals surface area contributed by atoms with Gasteiger partial charge >= 0.3 is 0 Å². The normalized spacial score (nSPS) is 16.7. The summed E-state index contributed by atoms with van der Waals surface area (Å²) in [6.07, 6.45) is 2.62. The molecule has 0 spiro atoms. The highest BCUT2D eigenvalue weighted by Gasteiger charge is 2.27. The zero-order valence-corrected chi connectivity index (χ0v) is 21.2. The van der Waals surface area contributed by atoms with Crippen LogP contribution >= 0.6 is 27.7 Å². The van der Waals surface area contributed by atoms with E-state index < -0.39 is 18.6 Å². The number of hydrogen-bond donors (Lipinski definition) is 3. The van der Waals surface area contributed by atoms with E-state index in [0.29, 0.717) is 54.0 Å². The van der Waals surface area contributed by atoms with Crippen molar-refractivity contribution in [3.05, 3.63) is 22.9 Å². The molecule has 4 heterocycles. The zero-order valence-electron chi connectivity index (χ0n) is 18.8. The van der Waals surface area contributed by atoms with Crippen molar-refractivity contribution in [1.82, 2.24) is 24.4 Å². The number of fused-ring (bicyclic) bond motifs is 2. The molecule has 1 fully saturated rings. The average molecular weight is 565 g/mol. The van der Waals surface area contributed by atoms with E-state index >= 15 is 0 Å². The summed E-state index contributed by atoms with van der Waals surface area (Å²) in [7, 11) is 0. The van der Waals surface area contributed by atoms with Crippen LogP contribution in [0.15, 0.2) is 33.0 Å². The number of rotatable bonds is 7. The average Bonchev–Trinajstić information content (AvgIpc) is 3.47. The molecule has 0 unspecified atom stereocenters. The molecular formula is C22H25BrN6O5S. The maximum Gasteiger partial charge on any atom is 0.253 e. The molecule has 11 nitrogen and oxygen atoms in total. The fourth-order valence-corrected chi connectivity index (χ4v) is 5.84. The van der Waals surface area contributed by atoms with Gasteiger partial charge in [-0.2, -0.15) is 0 Å². The molecule has 2 aliphatic rings. The van der Waals surface area contributed by atoms with E-state index in [1.165, 1.54) is 18.1 Å². The minimum Gasteiger partial charge on any atom is -0.454 e. The number of nitrogens with two attached hydrogens (primary N) is 1. The molecule has 0 saturated carbocycles. The molecule has 186 valence electrons. The van der Waals surface area contributed by atoms with E-state index in [2.05, 4.69) is 30.5 Å². The maximum atomic E-state index is 12.1. The lowest BCUT2D eigenvalue weighted by molar-refractivity contribution is -0.143. The van der Waals surface area contributed by atoms with E-state index in [1.54, 1.807) is 4.90 Å². The summed E-state index contributed by atoms with van der Waals surface area (Å²) in [6.45, 7) is 1.44. The molecule has 1 aromatic carbocycles. The van der Waals surface area contributed by atoms with Crippen LogP contribution in [0.3, 0.4) is 0 Å². The molecule has 4 N–H and O–H groups in total. The number of halogens is 1. The highest BCUT2D eigenvalue weighted by atomic mass is 79.9. The molecule has 0 radical (unpaired) electrons. The van der Waals surface area contributed by atoms with E-state index in [9.17, 15) is 9.90 Å². The minimum atomic E-state index is -1.34. The summed E-state index contributed by atoms with van der Waals surface area (Å²) in [5.74, 6) is 1.70. The van der Waals surface area contributed by atoms with E-state index in [0.717, 1.165) is 33.8 Å². The first-order valence-corrected chi connectivity index (χ1v) is 12.9. The van der Waals surface area contributed by atoms with Crippen molar-refractivity contribution in [2.45, 2.75) is 42.0 Å². The predicted octanol–water partition coefficient (Wildman–Crippen LogP) is 2.03. The van der Waals surface area contributed by atoms with Gasteiger partial charge in [-0.25, -0.2) is 15.0 Å². The van der Waals surface area contributed by atoms with Crippen LogP contribution in [-0.4, -0.2) is 73.1 Å².